The molecule has 1 atom stereocenters. The lowest BCUT2D eigenvalue weighted by Crippen LogP contribution is -2.35. The summed E-state index contributed by atoms with van der Waals surface area (Å²) in [6.45, 7) is 2.06. The SMILES string of the molecule is COc1cccc(C(C)(N)Cc2cccs2)c1. The summed E-state index contributed by atoms with van der Waals surface area (Å²) in [5.41, 5.74) is 7.14. The predicted molar refractivity (Wildman–Crippen MR) is 72.6 cm³/mol. The number of hydrogen-bond acceptors (Lipinski definition) is 3. The summed E-state index contributed by atoms with van der Waals surface area (Å²) in [5.74, 6) is 0.852. The minimum atomic E-state index is -0.362. The largest absolute Gasteiger partial charge is 0.497 e. The number of thiophene rings is 1. The van der Waals surface area contributed by atoms with E-state index < -0.39 is 0 Å². The number of ether oxygens (including phenoxy) is 1. The molecule has 90 valence electrons. The first-order valence-electron chi connectivity index (χ1n) is 5.57. The molecule has 1 heterocycles. The first kappa shape index (κ1) is 12.1. The van der Waals surface area contributed by atoms with Gasteiger partial charge in [-0.15, -0.1) is 11.3 Å². The highest BCUT2D eigenvalue weighted by Crippen LogP contribution is 2.27. The molecule has 1 unspecified atom stereocenters. The second-order valence-electron chi connectivity index (χ2n) is 4.41. The third-order valence-electron chi connectivity index (χ3n) is 2.85. The van der Waals surface area contributed by atoms with Crippen molar-refractivity contribution >= 4 is 11.3 Å². The van der Waals surface area contributed by atoms with Gasteiger partial charge in [0.25, 0.3) is 0 Å². The van der Waals surface area contributed by atoms with Crippen molar-refractivity contribution in [2.75, 3.05) is 7.11 Å². The molecule has 0 spiro atoms. The van der Waals surface area contributed by atoms with Crippen LogP contribution in [-0.4, -0.2) is 7.11 Å². The van der Waals surface area contributed by atoms with Gasteiger partial charge in [0.2, 0.25) is 0 Å². The van der Waals surface area contributed by atoms with Crippen LogP contribution in [0.1, 0.15) is 17.4 Å². The Bertz CT molecular complexity index is 477. The van der Waals surface area contributed by atoms with Crippen molar-refractivity contribution in [2.24, 2.45) is 5.73 Å². The standard InChI is InChI=1S/C14H17NOS/c1-14(15,10-13-7-4-8-17-13)11-5-3-6-12(9-11)16-2/h3-9H,10,15H2,1-2H3. The maximum atomic E-state index is 6.40. The molecule has 2 rings (SSSR count). The zero-order chi connectivity index (χ0) is 12.3. The zero-order valence-electron chi connectivity index (χ0n) is 10.1. The molecule has 0 amide bonds. The Morgan fingerprint density at radius 1 is 1.29 bits per heavy atom. The Morgan fingerprint density at radius 3 is 2.76 bits per heavy atom. The van der Waals surface area contributed by atoms with E-state index >= 15 is 0 Å². The van der Waals surface area contributed by atoms with Crippen molar-refractivity contribution in [1.82, 2.24) is 0 Å². The minimum absolute atomic E-state index is 0.362. The minimum Gasteiger partial charge on any atom is -0.497 e. The maximum Gasteiger partial charge on any atom is 0.119 e. The van der Waals surface area contributed by atoms with Gasteiger partial charge in [-0.3, -0.25) is 0 Å². The van der Waals surface area contributed by atoms with Crippen LogP contribution in [0.4, 0.5) is 0 Å². The molecule has 1 aromatic carbocycles. The smallest absolute Gasteiger partial charge is 0.119 e. The Hall–Kier alpha value is -1.32. The van der Waals surface area contributed by atoms with Crippen LogP contribution in [0.5, 0.6) is 5.75 Å². The quantitative estimate of drug-likeness (QED) is 0.900. The van der Waals surface area contributed by atoms with E-state index in [1.165, 1.54) is 4.88 Å². The van der Waals surface area contributed by atoms with Gasteiger partial charge in [-0.1, -0.05) is 18.2 Å². The topological polar surface area (TPSA) is 35.2 Å². The maximum absolute atomic E-state index is 6.40. The van der Waals surface area contributed by atoms with Gasteiger partial charge in [0.15, 0.2) is 0 Å². The van der Waals surface area contributed by atoms with Crippen LogP contribution in [0, 0.1) is 0 Å². The van der Waals surface area contributed by atoms with E-state index in [2.05, 4.69) is 30.5 Å². The van der Waals surface area contributed by atoms with Gasteiger partial charge < -0.3 is 10.5 Å². The molecule has 2 nitrogen and oxygen atoms in total. The Labute approximate surface area is 106 Å². The summed E-state index contributed by atoms with van der Waals surface area (Å²) in [6.07, 6.45) is 0.845. The van der Waals surface area contributed by atoms with E-state index in [1.807, 2.05) is 18.2 Å². The van der Waals surface area contributed by atoms with Crippen molar-refractivity contribution < 1.29 is 4.74 Å². The third kappa shape index (κ3) is 2.87. The van der Waals surface area contributed by atoms with Crippen molar-refractivity contribution in [3.05, 3.63) is 52.2 Å². The van der Waals surface area contributed by atoms with Gasteiger partial charge in [0, 0.05) is 16.8 Å². The highest BCUT2D eigenvalue weighted by Gasteiger charge is 2.22. The molecule has 1 aromatic heterocycles. The highest BCUT2D eigenvalue weighted by molar-refractivity contribution is 7.09. The molecule has 0 saturated carbocycles. The molecular weight excluding hydrogens is 230 g/mol. The molecule has 0 fully saturated rings. The van der Waals surface area contributed by atoms with Crippen molar-refractivity contribution in [3.63, 3.8) is 0 Å². The number of rotatable bonds is 4. The molecule has 2 aromatic rings. The first-order valence-corrected chi connectivity index (χ1v) is 6.45. The van der Waals surface area contributed by atoms with Gasteiger partial charge in [-0.05, 0) is 36.1 Å². The molecule has 0 bridgehead atoms. The van der Waals surface area contributed by atoms with E-state index in [0.29, 0.717) is 0 Å². The first-order chi connectivity index (χ1) is 8.12. The number of hydrogen-bond donors (Lipinski definition) is 1. The van der Waals surface area contributed by atoms with Crippen molar-refractivity contribution in [1.29, 1.82) is 0 Å². The van der Waals surface area contributed by atoms with Crippen LogP contribution in [0.25, 0.3) is 0 Å². The molecule has 0 aliphatic carbocycles. The molecule has 0 aliphatic heterocycles. The summed E-state index contributed by atoms with van der Waals surface area (Å²) in [7, 11) is 1.67. The monoisotopic (exact) mass is 247 g/mol. The Morgan fingerprint density at radius 2 is 2.12 bits per heavy atom. The molecule has 0 saturated heterocycles. The summed E-state index contributed by atoms with van der Waals surface area (Å²) >= 11 is 1.74. The van der Waals surface area contributed by atoms with Gasteiger partial charge >= 0.3 is 0 Å². The van der Waals surface area contributed by atoms with E-state index in [1.54, 1.807) is 18.4 Å². The molecule has 0 aliphatic rings. The van der Waals surface area contributed by atoms with Gasteiger partial charge in [0.1, 0.15) is 5.75 Å². The number of benzene rings is 1. The molecule has 2 N–H and O–H groups in total. The fourth-order valence-electron chi connectivity index (χ4n) is 1.86. The average Bonchev–Trinajstić information content (AvgIpc) is 2.81. The van der Waals surface area contributed by atoms with Crippen LogP contribution >= 0.6 is 11.3 Å². The Kier molecular flexibility index (Phi) is 3.50. The zero-order valence-corrected chi connectivity index (χ0v) is 11.0. The average molecular weight is 247 g/mol. The number of nitrogens with two attached hydrogens (primary N) is 1. The van der Waals surface area contributed by atoms with E-state index in [-0.39, 0.29) is 5.54 Å². The van der Waals surface area contributed by atoms with E-state index in [9.17, 15) is 0 Å². The fourth-order valence-corrected chi connectivity index (χ4v) is 2.73. The summed E-state index contributed by atoms with van der Waals surface area (Å²) in [5, 5.41) is 2.08. The molecule has 0 radical (unpaired) electrons. The summed E-state index contributed by atoms with van der Waals surface area (Å²) in [4.78, 5) is 1.30. The highest BCUT2D eigenvalue weighted by atomic mass is 32.1. The third-order valence-corrected chi connectivity index (χ3v) is 3.73. The number of methoxy groups -OCH3 is 1. The van der Waals surface area contributed by atoms with Crippen LogP contribution in [-0.2, 0) is 12.0 Å². The van der Waals surface area contributed by atoms with Crippen molar-refractivity contribution in [2.45, 2.75) is 18.9 Å². The normalized spacial score (nSPS) is 14.3. The van der Waals surface area contributed by atoms with Gasteiger partial charge in [0.05, 0.1) is 7.11 Å². The lowest BCUT2D eigenvalue weighted by molar-refractivity contribution is 0.410. The second-order valence-corrected chi connectivity index (χ2v) is 5.44. The van der Waals surface area contributed by atoms with Crippen LogP contribution in [0.2, 0.25) is 0 Å². The fraction of sp³-hybridized carbons (Fsp3) is 0.286. The van der Waals surface area contributed by atoms with Gasteiger partial charge in [-0.2, -0.15) is 0 Å². The van der Waals surface area contributed by atoms with Crippen molar-refractivity contribution in [3.8, 4) is 5.75 Å². The lowest BCUT2D eigenvalue weighted by Gasteiger charge is -2.25. The molecule has 3 heteroatoms. The van der Waals surface area contributed by atoms with Crippen LogP contribution < -0.4 is 10.5 Å². The summed E-state index contributed by atoms with van der Waals surface area (Å²) in [6, 6.07) is 12.2. The molecular formula is C14H17NOS. The van der Waals surface area contributed by atoms with E-state index in [0.717, 1.165) is 17.7 Å². The van der Waals surface area contributed by atoms with Crippen LogP contribution in [0.3, 0.4) is 0 Å². The van der Waals surface area contributed by atoms with Crippen LogP contribution in [0.15, 0.2) is 41.8 Å². The second kappa shape index (κ2) is 4.90. The predicted octanol–water partition coefficient (Wildman–Crippen LogP) is 3.17. The van der Waals surface area contributed by atoms with E-state index in [4.69, 9.17) is 10.5 Å². The van der Waals surface area contributed by atoms with Gasteiger partial charge in [-0.25, -0.2) is 0 Å². The molecule has 17 heavy (non-hydrogen) atoms. The Balaban J connectivity index is 2.24. The summed E-state index contributed by atoms with van der Waals surface area (Å²) < 4.78 is 5.23. The lowest BCUT2D eigenvalue weighted by atomic mass is 9.89.